The number of nitrogens with one attached hydrogen (secondary N) is 2. The van der Waals surface area contributed by atoms with E-state index >= 15 is 0 Å². The van der Waals surface area contributed by atoms with E-state index in [9.17, 15) is 13.2 Å². The third-order valence-electron chi connectivity index (χ3n) is 3.95. The topological polar surface area (TPSA) is 87.6 Å². The molecule has 1 amide bonds. The summed E-state index contributed by atoms with van der Waals surface area (Å²) in [5.74, 6) is -0.547. The third kappa shape index (κ3) is 5.79. The maximum Gasteiger partial charge on any atom is 0.273 e. The van der Waals surface area contributed by atoms with Crippen LogP contribution in [0.25, 0.3) is 6.08 Å². The summed E-state index contributed by atoms with van der Waals surface area (Å²) in [5.41, 5.74) is 3.66. The second kappa shape index (κ2) is 9.87. The van der Waals surface area contributed by atoms with Gasteiger partial charge in [0.2, 0.25) is 0 Å². The molecule has 6 nitrogen and oxygen atoms in total. The molecule has 0 fully saturated rings. The van der Waals surface area contributed by atoms with Crippen LogP contribution >= 0.6 is 11.6 Å². The van der Waals surface area contributed by atoms with Gasteiger partial charge in [-0.05, 0) is 48.0 Å². The first kappa shape index (κ1) is 21.3. The maximum atomic E-state index is 12.6. The predicted octanol–water partition coefficient (Wildman–Crippen LogP) is 4.57. The van der Waals surface area contributed by atoms with Crippen LogP contribution in [0, 0.1) is 0 Å². The van der Waals surface area contributed by atoms with Crippen molar-refractivity contribution >= 4 is 45.5 Å². The lowest BCUT2D eigenvalue weighted by Gasteiger charge is -2.11. The number of halogens is 1. The summed E-state index contributed by atoms with van der Waals surface area (Å²) < 4.78 is 27.6. The van der Waals surface area contributed by atoms with Gasteiger partial charge < -0.3 is 0 Å². The van der Waals surface area contributed by atoms with E-state index in [1.165, 1.54) is 42.6 Å². The van der Waals surface area contributed by atoms with Crippen LogP contribution in [0.3, 0.4) is 0 Å². The Morgan fingerprint density at radius 3 is 2.30 bits per heavy atom. The Morgan fingerprint density at radius 1 is 0.900 bits per heavy atom. The molecular weight excluding hydrogens is 422 g/mol. The van der Waals surface area contributed by atoms with Crippen LogP contribution in [-0.2, 0) is 10.0 Å². The Bertz CT molecular complexity index is 1180. The summed E-state index contributed by atoms with van der Waals surface area (Å²) in [7, 11) is -3.88. The Balaban J connectivity index is 1.69. The van der Waals surface area contributed by atoms with Gasteiger partial charge in [-0.3, -0.25) is 9.52 Å². The molecule has 0 unspecified atom stereocenters. The fourth-order valence-electron chi connectivity index (χ4n) is 2.50. The summed E-state index contributed by atoms with van der Waals surface area (Å²) in [6, 6.07) is 21.6. The zero-order chi connectivity index (χ0) is 21.4. The Kier molecular flexibility index (Phi) is 7.00. The van der Waals surface area contributed by atoms with Gasteiger partial charge in [0.15, 0.2) is 0 Å². The molecule has 0 heterocycles. The van der Waals surface area contributed by atoms with Crippen LogP contribution < -0.4 is 10.1 Å². The van der Waals surface area contributed by atoms with E-state index in [0.29, 0.717) is 5.02 Å². The van der Waals surface area contributed by atoms with Gasteiger partial charge in [0.25, 0.3) is 15.9 Å². The lowest BCUT2D eigenvalue weighted by Crippen LogP contribution is -2.21. The van der Waals surface area contributed by atoms with E-state index in [4.69, 9.17) is 11.6 Å². The van der Waals surface area contributed by atoms with E-state index < -0.39 is 15.9 Å². The molecule has 30 heavy (non-hydrogen) atoms. The molecule has 0 aliphatic carbocycles. The van der Waals surface area contributed by atoms with Gasteiger partial charge in [-0.25, -0.2) is 13.8 Å². The summed E-state index contributed by atoms with van der Waals surface area (Å²) in [5, 5.41) is 4.29. The molecule has 3 aromatic rings. The minimum Gasteiger partial charge on any atom is -0.279 e. The van der Waals surface area contributed by atoms with Crippen LogP contribution in [0.5, 0.6) is 0 Å². The van der Waals surface area contributed by atoms with Crippen LogP contribution in [-0.4, -0.2) is 20.5 Å². The van der Waals surface area contributed by atoms with E-state index in [-0.39, 0.29) is 16.1 Å². The molecule has 0 aliphatic rings. The molecule has 0 saturated heterocycles. The number of carbonyl (C=O) groups is 1. The normalized spacial score (nSPS) is 11.6. The number of hydrogen-bond acceptors (Lipinski definition) is 4. The second-order valence-corrected chi connectivity index (χ2v) is 8.21. The fraction of sp³-hybridized carbons (Fsp3) is 0. The highest BCUT2D eigenvalue weighted by molar-refractivity contribution is 7.92. The van der Waals surface area contributed by atoms with Crippen LogP contribution in [0.4, 0.5) is 5.69 Å². The lowest BCUT2D eigenvalue weighted by molar-refractivity contribution is 0.0956. The molecule has 3 aromatic carbocycles. The highest BCUT2D eigenvalue weighted by Gasteiger charge is 2.18. The van der Waals surface area contributed by atoms with Crippen molar-refractivity contribution in [2.75, 3.05) is 4.72 Å². The quantitative estimate of drug-likeness (QED) is 0.417. The number of rotatable bonds is 7. The number of carbonyl (C=O) groups excluding carboxylic acids is 1. The number of hydrazone groups is 1. The highest BCUT2D eigenvalue weighted by atomic mass is 35.5. The average Bonchev–Trinajstić information content (AvgIpc) is 2.74. The molecule has 0 atom stereocenters. The first-order valence-electron chi connectivity index (χ1n) is 8.88. The number of anilines is 1. The number of allylic oxidation sites excluding steroid dienone is 1. The summed E-state index contributed by atoms with van der Waals surface area (Å²) in [6.07, 6.45) is 4.96. The van der Waals surface area contributed by atoms with Crippen LogP contribution in [0.2, 0.25) is 5.02 Å². The van der Waals surface area contributed by atoms with E-state index in [2.05, 4.69) is 15.2 Å². The van der Waals surface area contributed by atoms with Crippen molar-refractivity contribution in [2.45, 2.75) is 4.90 Å². The van der Waals surface area contributed by atoms with Crippen molar-refractivity contribution in [3.63, 3.8) is 0 Å². The lowest BCUT2D eigenvalue weighted by atomic mass is 10.2. The Hall–Kier alpha value is -3.42. The van der Waals surface area contributed by atoms with Gasteiger partial charge >= 0.3 is 0 Å². The minimum atomic E-state index is -3.88. The van der Waals surface area contributed by atoms with Crippen LogP contribution in [0.1, 0.15) is 15.9 Å². The number of hydrogen-bond donors (Lipinski definition) is 2. The minimum absolute atomic E-state index is 0.0335. The number of amides is 1. The monoisotopic (exact) mass is 439 g/mol. The Morgan fingerprint density at radius 2 is 1.57 bits per heavy atom. The van der Waals surface area contributed by atoms with Gasteiger partial charge in [-0.15, -0.1) is 0 Å². The summed E-state index contributed by atoms with van der Waals surface area (Å²) >= 11 is 5.81. The average molecular weight is 440 g/mol. The van der Waals surface area contributed by atoms with Crippen molar-refractivity contribution in [3.8, 4) is 0 Å². The van der Waals surface area contributed by atoms with E-state index in [1.807, 2.05) is 36.4 Å². The first-order chi connectivity index (χ1) is 14.5. The first-order valence-corrected chi connectivity index (χ1v) is 10.7. The number of benzene rings is 3. The second-order valence-electron chi connectivity index (χ2n) is 6.09. The number of para-hydroxylation sites is 1. The molecule has 0 aliphatic heterocycles. The predicted molar refractivity (Wildman–Crippen MR) is 120 cm³/mol. The van der Waals surface area contributed by atoms with Crippen molar-refractivity contribution in [1.82, 2.24) is 5.43 Å². The molecule has 0 bridgehead atoms. The van der Waals surface area contributed by atoms with Gasteiger partial charge in [0.1, 0.15) is 0 Å². The third-order valence-corrected chi connectivity index (χ3v) is 5.59. The Labute approximate surface area is 180 Å². The van der Waals surface area contributed by atoms with Crippen molar-refractivity contribution in [1.29, 1.82) is 0 Å². The largest absolute Gasteiger partial charge is 0.279 e. The highest BCUT2D eigenvalue weighted by Crippen LogP contribution is 2.21. The van der Waals surface area contributed by atoms with Crippen LogP contribution in [0.15, 0.2) is 94.9 Å². The molecule has 0 aromatic heterocycles. The van der Waals surface area contributed by atoms with E-state index in [0.717, 1.165) is 5.56 Å². The maximum absolute atomic E-state index is 12.6. The molecule has 3 rings (SSSR count). The van der Waals surface area contributed by atoms with Gasteiger partial charge in [-0.1, -0.05) is 60.1 Å². The van der Waals surface area contributed by atoms with Gasteiger partial charge in [-0.2, -0.15) is 5.10 Å². The molecule has 8 heteroatoms. The summed E-state index contributed by atoms with van der Waals surface area (Å²) in [4.78, 5) is 12.5. The molecule has 2 N–H and O–H groups in total. The van der Waals surface area contributed by atoms with Gasteiger partial charge in [0, 0.05) is 11.2 Å². The van der Waals surface area contributed by atoms with Gasteiger partial charge in [0.05, 0.1) is 16.1 Å². The summed E-state index contributed by atoms with van der Waals surface area (Å²) in [6.45, 7) is 0. The molecule has 0 radical (unpaired) electrons. The molecule has 0 saturated carbocycles. The zero-order valence-electron chi connectivity index (χ0n) is 15.7. The number of sulfonamides is 1. The molecule has 0 spiro atoms. The van der Waals surface area contributed by atoms with E-state index in [1.54, 1.807) is 18.2 Å². The zero-order valence-corrected chi connectivity index (χ0v) is 17.3. The molecular formula is C22H18ClN3O3S. The smallest absolute Gasteiger partial charge is 0.273 e. The van der Waals surface area contributed by atoms with Crippen molar-refractivity contribution < 1.29 is 13.2 Å². The van der Waals surface area contributed by atoms with Crippen molar-refractivity contribution in [3.05, 3.63) is 101 Å². The SMILES string of the molecule is O=C(N/N=C\C=C\c1ccccc1)c1ccccc1NS(=O)(=O)c1ccc(Cl)cc1. The fourth-order valence-corrected chi connectivity index (χ4v) is 3.71. The van der Waals surface area contributed by atoms with Crippen molar-refractivity contribution in [2.24, 2.45) is 5.10 Å². The molecule has 152 valence electrons. The standard InChI is InChI=1S/C22H18ClN3O3S/c23-18-12-14-19(15-13-18)30(28,29)26-21-11-5-4-10-20(21)22(27)25-24-16-6-9-17-7-2-1-3-8-17/h1-16,26H,(H,25,27)/b9-6+,24-16-. The number of nitrogens with zero attached hydrogens (tertiary/aromatic N) is 1.